The molecule has 1 aromatic carbocycles. The summed E-state index contributed by atoms with van der Waals surface area (Å²) in [6, 6.07) is 1.80. The highest BCUT2D eigenvalue weighted by Gasteiger charge is 2.57. The summed E-state index contributed by atoms with van der Waals surface area (Å²) < 4.78 is 17.3. The number of fused-ring (bicyclic) bond motifs is 1. The monoisotopic (exact) mass is 567 g/mol. The molecule has 0 amide bonds. The van der Waals surface area contributed by atoms with Crippen LogP contribution in [-0.2, 0) is 26.2 Å². The average molecular weight is 568 g/mol. The van der Waals surface area contributed by atoms with Crippen molar-refractivity contribution in [1.29, 1.82) is 0 Å². The molecule has 2 aliphatic carbocycles. The van der Waals surface area contributed by atoms with Crippen LogP contribution in [0.4, 0.5) is 0 Å². The molecule has 0 spiro atoms. The van der Waals surface area contributed by atoms with Gasteiger partial charge in [0.1, 0.15) is 6.29 Å². The highest BCUT2D eigenvalue weighted by atomic mass is 16.6. The Kier molecular flexibility index (Phi) is 11.0. The summed E-state index contributed by atoms with van der Waals surface area (Å²) in [6.45, 7) is 3.06. The van der Waals surface area contributed by atoms with Crippen LogP contribution >= 0.6 is 0 Å². The van der Waals surface area contributed by atoms with E-state index in [1.165, 1.54) is 65.6 Å². The second kappa shape index (κ2) is 14.5. The van der Waals surface area contributed by atoms with Crippen LogP contribution < -0.4 is 9.47 Å². The maximum absolute atomic E-state index is 13.2. The normalized spacial score (nSPS) is 23.3. The lowest BCUT2D eigenvalue weighted by molar-refractivity contribution is -0.134. The molecule has 0 saturated carbocycles. The summed E-state index contributed by atoms with van der Waals surface area (Å²) in [5, 5.41) is 0. The van der Waals surface area contributed by atoms with Crippen LogP contribution in [0.2, 0.25) is 0 Å². The molecule has 7 heteroatoms. The summed E-state index contributed by atoms with van der Waals surface area (Å²) in [6.07, 6.45) is 18.1. The van der Waals surface area contributed by atoms with E-state index >= 15 is 0 Å². The van der Waals surface area contributed by atoms with Crippen molar-refractivity contribution < 1.29 is 28.6 Å². The maximum atomic E-state index is 13.2. The van der Waals surface area contributed by atoms with Gasteiger partial charge in [0.05, 0.1) is 14.2 Å². The number of methoxy groups -OCH3 is 2. The number of likely N-dealkylation sites (N-methyl/N-ethyl adjacent to an activating group) is 1. The van der Waals surface area contributed by atoms with Gasteiger partial charge in [-0.05, 0) is 50.6 Å². The molecule has 1 fully saturated rings. The SMILES string of the molecule is CCCCCCCCCCCCCC(=O)Oc1c(OC)cc(C=O)c2c1[C@@]13CCN(C)[C@@H](C2)[C@H]1C=C(OC)C(=O)C3. The van der Waals surface area contributed by atoms with Crippen molar-refractivity contribution in [1.82, 2.24) is 4.90 Å². The minimum Gasteiger partial charge on any atom is -0.493 e. The first-order valence-corrected chi connectivity index (χ1v) is 15.8. The molecular formula is C34H49NO6. The lowest BCUT2D eigenvalue weighted by atomic mass is 9.53. The van der Waals surface area contributed by atoms with Crippen LogP contribution in [-0.4, -0.2) is 56.8 Å². The van der Waals surface area contributed by atoms with Gasteiger partial charge in [0, 0.05) is 41.3 Å². The first-order chi connectivity index (χ1) is 19.9. The number of aldehydes is 1. The number of ether oxygens (including phenoxy) is 3. The van der Waals surface area contributed by atoms with Crippen molar-refractivity contribution in [3.05, 3.63) is 34.6 Å². The Bertz CT molecular complexity index is 1130. The third kappa shape index (κ3) is 6.71. The molecule has 3 atom stereocenters. The van der Waals surface area contributed by atoms with Crippen molar-refractivity contribution in [2.75, 3.05) is 27.8 Å². The first kappa shape index (κ1) is 31.3. The predicted octanol–water partition coefficient (Wildman–Crippen LogP) is 6.73. The van der Waals surface area contributed by atoms with Gasteiger partial charge in [-0.15, -0.1) is 0 Å². The summed E-state index contributed by atoms with van der Waals surface area (Å²) in [5.74, 6) is 0.793. The highest BCUT2D eigenvalue weighted by molar-refractivity contribution is 5.96. The molecule has 41 heavy (non-hydrogen) atoms. The number of nitrogens with zero attached hydrogens (tertiary/aromatic N) is 1. The molecule has 226 valence electrons. The van der Waals surface area contributed by atoms with Gasteiger partial charge >= 0.3 is 5.97 Å². The maximum Gasteiger partial charge on any atom is 0.311 e. The number of esters is 1. The Balaban J connectivity index is 1.48. The molecule has 0 aromatic heterocycles. The molecule has 0 radical (unpaired) electrons. The van der Waals surface area contributed by atoms with Crippen LogP contribution in [0.1, 0.15) is 118 Å². The van der Waals surface area contributed by atoms with Crippen molar-refractivity contribution >= 4 is 18.0 Å². The van der Waals surface area contributed by atoms with Gasteiger partial charge in [0.2, 0.25) is 0 Å². The molecule has 1 aliphatic heterocycles. The second-order valence-electron chi connectivity index (χ2n) is 12.2. The number of allylic oxidation sites excluding steroid dienone is 1. The smallest absolute Gasteiger partial charge is 0.311 e. The second-order valence-corrected chi connectivity index (χ2v) is 12.2. The molecule has 4 rings (SSSR count). The van der Waals surface area contributed by atoms with Crippen LogP contribution in [0.25, 0.3) is 0 Å². The number of hydrogen-bond acceptors (Lipinski definition) is 7. The number of Topliss-reactive ketones (excluding diaryl/α,β-unsaturated/α-hetero) is 1. The van der Waals surface area contributed by atoms with Gasteiger partial charge in [-0.1, -0.05) is 71.1 Å². The van der Waals surface area contributed by atoms with Gasteiger partial charge in [-0.2, -0.15) is 0 Å². The van der Waals surface area contributed by atoms with E-state index in [1.807, 2.05) is 6.08 Å². The number of ketones is 1. The third-order valence-electron chi connectivity index (χ3n) is 9.68. The van der Waals surface area contributed by atoms with Crippen LogP contribution in [0.5, 0.6) is 11.5 Å². The zero-order valence-electron chi connectivity index (χ0n) is 25.6. The number of hydrogen-bond donors (Lipinski definition) is 0. The van der Waals surface area contributed by atoms with Crippen molar-refractivity contribution in [3.63, 3.8) is 0 Å². The standard InChI is InChI=1S/C34H49NO6/c1-5-6-7-8-9-10-11-12-13-14-15-16-31(38)41-33-30(40-4)19-24(23-36)25-20-27-26-21-29(39-3)28(37)22-34(26,32(25)33)17-18-35(27)2/h19,21,23,26-27H,5-18,20,22H2,1-4H3/t26-,27+,34-/m1/s1. The van der Waals surface area contributed by atoms with Crippen LogP contribution in [0.15, 0.2) is 17.9 Å². The summed E-state index contributed by atoms with van der Waals surface area (Å²) in [7, 11) is 5.16. The van der Waals surface area contributed by atoms with E-state index in [0.29, 0.717) is 42.1 Å². The van der Waals surface area contributed by atoms with Gasteiger partial charge in [-0.3, -0.25) is 14.4 Å². The fourth-order valence-corrected chi connectivity index (χ4v) is 7.41. The quantitative estimate of drug-likeness (QED) is 0.0948. The molecule has 2 bridgehead atoms. The number of carbonyl (C=O) groups excluding carboxylic acids is 3. The molecule has 0 unspecified atom stereocenters. The van der Waals surface area contributed by atoms with Crippen LogP contribution in [0.3, 0.4) is 0 Å². The molecule has 7 nitrogen and oxygen atoms in total. The van der Waals surface area contributed by atoms with Crippen molar-refractivity contribution in [2.45, 2.75) is 115 Å². The van der Waals surface area contributed by atoms with Gasteiger partial charge < -0.3 is 19.1 Å². The van der Waals surface area contributed by atoms with E-state index in [4.69, 9.17) is 14.2 Å². The van der Waals surface area contributed by atoms with Gasteiger partial charge in [0.25, 0.3) is 0 Å². The molecule has 1 aromatic rings. The Morgan fingerprint density at radius 1 is 1.02 bits per heavy atom. The first-order valence-electron chi connectivity index (χ1n) is 15.8. The van der Waals surface area contributed by atoms with Gasteiger partial charge in [0.15, 0.2) is 23.0 Å². The van der Waals surface area contributed by atoms with E-state index in [9.17, 15) is 14.4 Å². The molecule has 3 aliphatic rings. The van der Waals surface area contributed by atoms with Crippen molar-refractivity contribution in [3.8, 4) is 11.5 Å². The molecular weight excluding hydrogens is 518 g/mol. The summed E-state index contributed by atoms with van der Waals surface area (Å²) in [5.41, 5.74) is 1.63. The Hall–Kier alpha value is -2.67. The van der Waals surface area contributed by atoms with E-state index in [-0.39, 0.29) is 30.1 Å². The highest BCUT2D eigenvalue weighted by Crippen LogP contribution is 2.58. The fourth-order valence-electron chi connectivity index (χ4n) is 7.41. The largest absolute Gasteiger partial charge is 0.493 e. The lowest BCUT2D eigenvalue weighted by Gasteiger charge is -2.56. The van der Waals surface area contributed by atoms with Gasteiger partial charge in [-0.25, -0.2) is 0 Å². The number of piperidine rings is 1. The topological polar surface area (TPSA) is 82.1 Å². The zero-order chi connectivity index (χ0) is 29.4. The van der Waals surface area contributed by atoms with E-state index < -0.39 is 5.41 Å². The number of rotatable bonds is 16. The van der Waals surface area contributed by atoms with E-state index in [0.717, 1.165) is 43.2 Å². The van der Waals surface area contributed by atoms with E-state index in [2.05, 4.69) is 18.9 Å². The lowest BCUT2D eigenvalue weighted by Crippen LogP contribution is -2.60. The minimum absolute atomic E-state index is 0.00268. The number of carbonyl (C=O) groups is 3. The number of unbranched alkanes of at least 4 members (excludes halogenated alkanes) is 10. The molecule has 1 saturated heterocycles. The Labute approximate surface area is 246 Å². The third-order valence-corrected chi connectivity index (χ3v) is 9.68. The van der Waals surface area contributed by atoms with Crippen LogP contribution in [0, 0.1) is 5.92 Å². The Morgan fingerprint density at radius 2 is 1.68 bits per heavy atom. The van der Waals surface area contributed by atoms with Crippen molar-refractivity contribution in [2.24, 2.45) is 5.92 Å². The minimum atomic E-state index is -0.581. The Morgan fingerprint density at radius 3 is 2.29 bits per heavy atom. The zero-order valence-corrected chi connectivity index (χ0v) is 25.6. The predicted molar refractivity (Wildman–Crippen MR) is 160 cm³/mol. The molecule has 0 N–H and O–H groups in total. The number of likely N-dealkylation sites (tertiary alicyclic amines) is 1. The van der Waals surface area contributed by atoms with E-state index in [1.54, 1.807) is 6.07 Å². The summed E-state index contributed by atoms with van der Waals surface area (Å²) in [4.78, 5) is 41.0. The average Bonchev–Trinajstić information content (AvgIpc) is 2.97. The fraction of sp³-hybridized carbons (Fsp3) is 0.676. The molecule has 1 heterocycles. The number of benzene rings is 1. The summed E-state index contributed by atoms with van der Waals surface area (Å²) >= 11 is 0.